The summed E-state index contributed by atoms with van der Waals surface area (Å²) in [5.41, 5.74) is 0.565. The van der Waals surface area contributed by atoms with Crippen LogP contribution in [0.2, 0.25) is 0 Å². The van der Waals surface area contributed by atoms with E-state index in [-0.39, 0.29) is 12.3 Å². The Kier molecular flexibility index (Phi) is 8.56. The molecule has 0 aliphatic rings. The van der Waals surface area contributed by atoms with Gasteiger partial charge in [-0.2, -0.15) is 13.2 Å². The molecular weight excluding hydrogens is 467 g/mol. The molecule has 2 heterocycles. The number of aryl methyl sites for hydroxylation is 2. The molecule has 0 aliphatic heterocycles. The Morgan fingerprint density at radius 2 is 1.91 bits per heavy atom. The molecule has 0 atom stereocenters. The molecule has 0 radical (unpaired) electrons. The van der Waals surface area contributed by atoms with Gasteiger partial charge in [0.15, 0.2) is 0 Å². The van der Waals surface area contributed by atoms with Crippen molar-refractivity contribution in [3.63, 3.8) is 0 Å². The van der Waals surface area contributed by atoms with Gasteiger partial charge in [0.1, 0.15) is 11.5 Å². The van der Waals surface area contributed by atoms with E-state index >= 15 is 0 Å². The third-order valence-corrected chi connectivity index (χ3v) is 4.92. The summed E-state index contributed by atoms with van der Waals surface area (Å²) in [7, 11) is 0. The Balaban J connectivity index is 1.61. The van der Waals surface area contributed by atoms with E-state index in [1.54, 1.807) is 23.0 Å². The van der Waals surface area contributed by atoms with Gasteiger partial charge in [0, 0.05) is 36.6 Å². The van der Waals surface area contributed by atoms with Gasteiger partial charge in [-0.05, 0) is 44.4 Å². The van der Waals surface area contributed by atoms with Gasteiger partial charge in [0.25, 0.3) is 0 Å². The number of pyridine rings is 1. The Morgan fingerprint density at radius 1 is 1.11 bits per heavy atom. The van der Waals surface area contributed by atoms with Crippen LogP contribution in [0.3, 0.4) is 0 Å². The molecule has 0 aliphatic carbocycles. The Bertz CT molecular complexity index is 1130. The highest BCUT2D eigenvalue weighted by Gasteiger charge is 2.30. The molecule has 0 bridgehead atoms. The predicted octanol–water partition coefficient (Wildman–Crippen LogP) is 5.15. The van der Waals surface area contributed by atoms with Crippen LogP contribution in [0.15, 0.2) is 42.7 Å². The molecule has 0 amide bonds. The van der Waals surface area contributed by atoms with Crippen molar-refractivity contribution in [1.82, 2.24) is 14.8 Å². The second-order valence-corrected chi connectivity index (χ2v) is 7.53. The number of carbonyl (C=O) groups is 1. The number of carboxylic acid groups (broad SMARTS) is 1. The van der Waals surface area contributed by atoms with Crippen molar-refractivity contribution in [3.8, 4) is 23.3 Å². The van der Waals surface area contributed by atoms with E-state index in [0.29, 0.717) is 55.5 Å². The van der Waals surface area contributed by atoms with Gasteiger partial charge in [-0.3, -0.25) is 9.48 Å². The lowest BCUT2D eigenvalue weighted by molar-refractivity contribution is -0.138. The Labute approximate surface area is 200 Å². The van der Waals surface area contributed by atoms with Crippen LogP contribution in [0.1, 0.15) is 37.0 Å². The fourth-order valence-corrected chi connectivity index (χ4v) is 3.27. The standard InChI is InChI=1S/C24H26F3N3O5/c1-3-30-15-17(12-22(31)32)23(29-30)34-11-5-6-16-7-9-19(13-20(16)33-4-2)35-21-10-8-18(14-28-21)24(25,26)27/h7-10,13-15H,3-6,11-12H2,1-2H3,(H,31,32). The molecule has 35 heavy (non-hydrogen) atoms. The monoisotopic (exact) mass is 493 g/mol. The molecule has 0 spiro atoms. The fourth-order valence-electron chi connectivity index (χ4n) is 3.27. The van der Waals surface area contributed by atoms with Crippen LogP contribution in [0.5, 0.6) is 23.3 Å². The van der Waals surface area contributed by atoms with E-state index in [4.69, 9.17) is 19.3 Å². The van der Waals surface area contributed by atoms with Crippen LogP contribution in [0, 0.1) is 0 Å². The number of hydrogen-bond acceptors (Lipinski definition) is 6. The first-order valence-corrected chi connectivity index (χ1v) is 11.1. The normalized spacial score (nSPS) is 11.3. The van der Waals surface area contributed by atoms with Crippen LogP contribution < -0.4 is 14.2 Å². The Morgan fingerprint density at radius 3 is 2.54 bits per heavy atom. The van der Waals surface area contributed by atoms with Crippen LogP contribution in [0.25, 0.3) is 0 Å². The lowest BCUT2D eigenvalue weighted by Gasteiger charge is -2.13. The van der Waals surface area contributed by atoms with Crippen molar-refractivity contribution in [2.75, 3.05) is 13.2 Å². The van der Waals surface area contributed by atoms with Crippen molar-refractivity contribution in [2.45, 2.75) is 45.8 Å². The predicted molar refractivity (Wildman–Crippen MR) is 120 cm³/mol. The summed E-state index contributed by atoms with van der Waals surface area (Å²) in [5, 5.41) is 13.3. The second-order valence-electron chi connectivity index (χ2n) is 7.53. The van der Waals surface area contributed by atoms with Crippen LogP contribution in [-0.2, 0) is 30.4 Å². The molecule has 0 saturated carbocycles. The number of aliphatic carboxylic acids is 1. The minimum atomic E-state index is -4.47. The lowest BCUT2D eigenvalue weighted by Crippen LogP contribution is -2.06. The van der Waals surface area contributed by atoms with Gasteiger partial charge >= 0.3 is 12.1 Å². The van der Waals surface area contributed by atoms with E-state index in [1.807, 2.05) is 19.9 Å². The maximum atomic E-state index is 12.7. The van der Waals surface area contributed by atoms with E-state index in [9.17, 15) is 18.0 Å². The molecule has 3 rings (SSSR count). The van der Waals surface area contributed by atoms with E-state index in [1.165, 1.54) is 0 Å². The summed E-state index contributed by atoms with van der Waals surface area (Å²) in [5.74, 6) is 0.348. The lowest BCUT2D eigenvalue weighted by atomic mass is 10.1. The second kappa shape index (κ2) is 11.6. The fraction of sp³-hybridized carbons (Fsp3) is 0.375. The molecule has 0 unspecified atom stereocenters. The van der Waals surface area contributed by atoms with Crippen LogP contribution >= 0.6 is 0 Å². The average Bonchev–Trinajstić information content (AvgIpc) is 3.19. The first-order chi connectivity index (χ1) is 16.7. The van der Waals surface area contributed by atoms with E-state index in [0.717, 1.165) is 23.9 Å². The smallest absolute Gasteiger partial charge is 0.417 e. The van der Waals surface area contributed by atoms with Gasteiger partial charge in [-0.25, -0.2) is 4.98 Å². The number of benzene rings is 1. The third-order valence-electron chi connectivity index (χ3n) is 4.92. The number of ether oxygens (including phenoxy) is 3. The molecular formula is C24H26F3N3O5. The molecule has 1 N–H and O–H groups in total. The van der Waals surface area contributed by atoms with Crippen molar-refractivity contribution in [3.05, 3.63) is 59.4 Å². The first kappa shape index (κ1) is 25.9. The number of halogens is 3. The number of nitrogens with zero attached hydrogens (tertiary/aromatic N) is 3. The summed E-state index contributed by atoms with van der Waals surface area (Å²) in [6, 6.07) is 7.23. The maximum Gasteiger partial charge on any atom is 0.417 e. The maximum absolute atomic E-state index is 12.7. The summed E-state index contributed by atoms with van der Waals surface area (Å²) in [6.45, 7) is 5.08. The summed E-state index contributed by atoms with van der Waals surface area (Å²) < 4.78 is 56.8. The van der Waals surface area contributed by atoms with Gasteiger partial charge < -0.3 is 19.3 Å². The molecule has 1 aromatic carbocycles. The van der Waals surface area contributed by atoms with Crippen LogP contribution in [0.4, 0.5) is 13.2 Å². The number of aromatic nitrogens is 3. The highest BCUT2D eigenvalue weighted by molar-refractivity contribution is 5.70. The van der Waals surface area contributed by atoms with Crippen molar-refractivity contribution in [2.24, 2.45) is 0 Å². The van der Waals surface area contributed by atoms with Crippen LogP contribution in [-0.4, -0.2) is 39.1 Å². The molecule has 3 aromatic rings. The van der Waals surface area contributed by atoms with Crippen molar-refractivity contribution < 1.29 is 37.3 Å². The number of carboxylic acids is 1. The largest absolute Gasteiger partial charge is 0.493 e. The average molecular weight is 493 g/mol. The molecule has 0 saturated heterocycles. The first-order valence-electron chi connectivity index (χ1n) is 11.1. The Hall–Kier alpha value is -3.76. The zero-order valence-corrected chi connectivity index (χ0v) is 19.3. The number of alkyl halides is 3. The van der Waals surface area contributed by atoms with Gasteiger partial charge in [0.05, 0.1) is 25.2 Å². The highest BCUT2D eigenvalue weighted by Crippen LogP contribution is 2.32. The minimum absolute atomic E-state index is 0.0327. The zero-order valence-electron chi connectivity index (χ0n) is 19.3. The molecule has 2 aromatic heterocycles. The topological polar surface area (TPSA) is 95.7 Å². The van der Waals surface area contributed by atoms with E-state index < -0.39 is 17.7 Å². The third kappa shape index (κ3) is 7.36. The quantitative estimate of drug-likeness (QED) is 0.349. The SMILES string of the molecule is CCOc1cc(Oc2ccc(C(F)(F)F)cn2)ccc1CCCOc1nn(CC)cc1CC(=O)O. The van der Waals surface area contributed by atoms with Gasteiger partial charge in [-0.1, -0.05) is 6.07 Å². The minimum Gasteiger partial charge on any atom is -0.493 e. The molecule has 8 nitrogen and oxygen atoms in total. The number of rotatable bonds is 12. The molecule has 0 fully saturated rings. The molecule has 188 valence electrons. The highest BCUT2D eigenvalue weighted by atomic mass is 19.4. The zero-order chi connectivity index (χ0) is 25.4. The summed E-state index contributed by atoms with van der Waals surface area (Å²) in [4.78, 5) is 14.8. The van der Waals surface area contributed by atoms with Gasteiger partial charge in [0.2, 0.25) is 11.8 Å². The molecule has 11 heteroatoms. The van der Waals surface area contributed by atoms with Gasteiger partial charge in [-0.15, -0.1) is 5.10 Å². The summed E-state index contributed by atoms with van der Waals surface area (Å²) in [6.07, 6.45) is -1.02. The van der Waals surface area contributed by atoms with Crippen molar-refractivity contribution in [1.29, 1.82) is 0 Å². The number of hydrogen-bond donors (Lipinski definition) is 1. The summed E-state index contributed by atoms with van der Waals surface area (Å²) >= 11 is 0. The van der Waals surface area contributed by atoms with E-state index in [2.05, 4.69) is 10.1 Å². The van der Waals surface area contributed by atoms with Crippen molar-refractivity contribution >= 4 is 5.97 Å².